The van der Waals surface area contributed by atoms with E-state index in [0.717, 1.165) is 0 Å². The minimum Gasteiger partial charge on any atom is -0.790 e. The average Bonchev–Trinajstić information content (AvgIpc) is 1.12. The van der Waals surface area contributed by atoms with E-state index in [9.17, 15) is 0 Å². The van der Waals surface area contributed by atoms with E-state index in [0.29, 0.717) is 0 Å². The first kappa shape index (κ1) is 36.0. The molecule has 0 heterocycles. The first-order valence-electron chi connectivity index (χ1n) is 1.51. The molecular formula is H5Na3O9P2. The van der Waals surface area contributed by atoms with Gasteiger partial charge in [0.1, 0.15) is 0 Å². The van der Waals surface area contributed by atoms with Crippen molar-refractivity contribution in [1.82, 2.24) is 0 Å². The largest absolute Gasteiger partial charge is 1.00 e. The zero-order chi connectivity index (χ0) is 9.00. The predicted octanol–water partition coefficient (Wildman–Crippen LogP) is -13.6. The molecule has 0 aliphatic rings. The normalized spacial score (nSPS) is 8.43. The summed E-state index contributed by atoms with van der Waals surface area (Å²) in [6.07, 6.45) is 0. The Kier molecular flexibility index (Phi) is 41.6. The Morgan fingerprint density at radius 3 is 0.786 bits per heavy atom. The standard InChI is InChI=1S/3Na.2H3O4P.H2O/c;;;2*1-5(2,3)4;/h;;;2*(H3,1,2,3,4);1H2/q3*+1;;;/p-3. The summed E-state index contributed by atoms with van der Waals surface area (Å²) >= 11 is 0. The molecule has 0 amide bonds. The van der Waals surface area contributed by atoms with Crippen LogP contribution in [-0.2, 0) is 9.13 Å². The molecule has 0 aliphatic heterocycles. The van der Waals surface area contributed by atoms with Crippen molar-refractivity contribution in [3.63, 3.8) is 0 Å². The van der Waals surface area contributed by atoms with Crippen molar-refractivity contribution in [2.24, 2.45) is 0 Å². The number of hydrogen-bond donors (Lipinski definition) is 3. The molecule has 0 aromatic heterocycles. The second kappa shape index (κ2) is 16.2. The SMILES string of the molecule is O.O=P([O-])(O)O.O=P([O-])([O-])O.[Na+].[Na+].[Na+]. The maximum atomic E-state index is 8.77. The third-order valence-electron chi connectivity index (χ3n) is 0. The van der Waals surface area contributed by atoms with Crippen LogP contribution < -0.4 is 103 Å². The molecule has 0 aliphatic carbocycles. The molecule has 0 fully saturated rings. The fraction of sp³-hybridized carbons (Fsp3) is 0. The van der Waals surface area contributed by atoms with Crippen molar-refractivity contribution in [2.45, 2.75) is 0 Å². The minimum atomic E-state index is -5.14. The second-order valence-corrected chi connectivity index (χ2v) is 2.88. The summed E-state index contributed by atoms with van der Waals surface area (Å²) in [4.78, 5) is 47.2. The Hall–Kier alpha value is 3.18. The van der Waals surface area contributed by atoms with Gasteiger partial charge in [0, 0.05) is 0 Å². The first-order valence-corrected chi connectivity index (χ1v) is 4.54. The van der Waals surface area contributed by atoms with Crippen LogP contribution in [0.4, 0.5) is 0 Å². The van der Waals surface area contributed by atoms with Crippen LogP contribution in [0, 0.1) is 0 Å². The molecule has 0 atom stereocenters. The minimum absolute atomic E-state index is 0. The Bertz CT molecular complexity index is 130. The zero-order valence-corrected chi connectivity index (χ0v) is 15.6. The summed E-state index contributed by atoms with van der Waals surface area (Å²) in [5.41, 5.74) is 0. The third-order valence-corrected chi connectivity index (χ3v) is 0. The van der Waals surface area contributed by atoms with Crippen molar-refractivity contribution >= 4 is 15.6 Å². The van der Waals surface area contributed by atoms with Crippen molar-refractivity contribution in [3.8, 4) is 0 Å². The van der Waals surface area contributed by atoms with Gasteiger partial charge in [-0.15, -0.1) is 0 Å². The Balaban J connectivity index is -0.0000000178. The monoisotopic (exact) mass is 280 g/mol. The van der Waals surface area contributed by atoms with Crippen LogP contribution in [0.25, 0.3) is 0 Å². The average molecular weight is 280 g/mol. The molecule has 72 valence electrons. The van der Waals surface area contributed by atoms with Gasteiger partial charge in [0.05, 0.1) is 7.82 Å². The molecule has 9 nitrogen and oxygen atoms in total. The van der Waals surface area contributed by atoms with Crippen LogP contribution >= 0.6 is 15.6 Å². The maximum absolute atomic E-state index is 8.77. The van der Waals surface area contributed by atoms with E-state index >= 15 is 0 Å². The van der Waals surface area contributed by atoms with Gasteiger partial charge >= 0.3 is 88.7 Å². The maximum Gasteiger partial charge on any atom is 1.00 e. The molecule has 5 N–H and O–H groups in total. The quantitative estimate of drug-likeness (QED) is 0.287. The molecule has 0 rings (SSSR count). The fourth-order valence-corrected chi connectivity index (χ4v) is 0. The predicted molar refractivity (Wildman–Crippen MR) is 25.5 cm³/mol. The molecule has 0 unspecified atom stereocenters. The smallest absolute Gasteiger partial charge is 0.790 e. The van der Waals surface area contributed by atoms with Gasteiger partial charge in [0.2, 0.25) is 0 Å². The van der Waals surface area contributed by atoms with Crippen LogP contribution in [0.1, 0.15) is 0 Å². The van der Waals surface area contributed by atoms with Crippen LogP contribution in [-0.4, -0.2) is 20.2 Å². The van der Waals surface area contributed by atoms with E-state index in [2.05, 4.69) is 0 Å². The Labute approximate surface area is 146 Å². The Morgan fingerprint density at radius 1 is 0.786 bits per heavy atom. The summed E-state index contributed by atoms with van der Waals surface area (Å²) in [6, 6.07) is 0. The van der Waals surface area contributed by atoms with Gasteiger partial charge in [-0.25, -0.2) is 0 Å². The van der Waals surface area contributed by atoms with Crippen molar-refractivity contribution in [1.29, 1.82) is 0 Å². The number of hydrogen-bond acceptors (Lipinski definition) is 5. The van der Waals surface area contributed by atoms with Gasteiger partial charge in [0.25, 0.3) is 7.82 Å². The topological polar surface area (TPSA) is 196 Å². The summed E-state index contributed by atoms with van der Waals surface area (Å²) in [7, 11) is -10.0. The van der Waals surface area contributed by atoms with Crippen molar-refractivity contribution in [2.75, 3.05) is 0 Å². The Morgan fingerprint density at radius 2 is 0.786 bits per heavy atom. The van der Waals surface area contributed by atoms with Crippen LogP contribution in [0.2, 0.25) is 0 Å². The summed E-state index contributed by atoms with van der Waals surface area (Å²) in [5, 5.41) is 0. The molecule has 14 heavy (non-hydrogen) atoms. The summed E-state index contributed by atoms with van der Waals surface area (Å²) in [5.74, 6) is 0. The van der Waals surface area contributed by atoms with E-state index in [1.54, 1.807) is 0 Å². The molecule has 0 saturated carbocycles. The van der Waals surface area contributed by atoms with E-state index in [1.165, 1.54) is 0 Å². The van der Waals surface area contributed by atoms with Gasteiger partial charge in [0.15, 0.2) is 0 Å². The fourth-order valence-electron chi connectivity index (χ4n) is 0. The second-order valence-electron chi connectivity index (χ2n) is 0.959. The van der Waals surface area contributed by atoms with E-state index in [1.807, 2.05) is 0 Å². The number of phosphoric acid groups is 2. The van der Waals surface area contributed by atoms with E-state index < -0.39 is 15.6 Å². The van der Waals surface area contributed by atoms with Crippen molar-refractivity contribution < 1.29 is 133 Å². The van der Waals surface area contributed by atoms with Gasteiger partial charge in [-0.1, -0.05) is 0 Å². The van der Waals surface area contributed by atoms with Crippen LogP contribution in [0.3, 0.4) is 0 Å². The molecule has 0 radical (unpaired) electrons. The van der Waals surface area contributed by atoms with Crippen LogP contribution in [0.5, 0.6) is 0 Å². The molecule has 0 aromatic rings. The van der Waals surface area contributed by atoms with Gasteiger partial charge in [-0.05, 0) is 0 Å². The van der Waals surface area contributed by atoms with E-state index in [4.69, 9.17) is 38.5 Å². The molecular weight excluding hydrogens is 275 g/mol. The number of rotatable bonds is 0. The molecule has 14 heteroatoms. The molecule has 0 saturated heterocycles. The zero-order valence-electron chi connectivity index (χ0n) is 7.78. The molecule has 0 aromatic carbocycles. The van der Waals surface area contributed by atoms with Gasteiger partial charge in [-0.2, -0.15) is 0 Å². The van der Waals surface area contributed by atoms with Gasteiger partial charge < -0.3 is 39.4 Å². The van der Waals surface area contributed by atoms with Crippen LogP contribution in [0.15, 0.2) is 0 Å². The first-order chi connectivity index (χ1) is 4.00. The molecule has 0 spiro atoms. The summed E-state index contributed by atoms with van der Waals surface area (Å²) < 4.78 is 17.4. The van der Waals surface area contributed by atoms with Crippen molar-refractivity contribution in [3.05, 3.63) is 0 Å². The molecule has 0 bridgehead atoms. The summed E-state index contributed by atoms with van der Waals surface area (Å²) in [6.45, 7) is 0. The third kappa shape index (κ3) is 302. The van der Waals surface area contributed by atoms with Gasteiger partial charge in [-0.3, -0.25) is 4.57 Å². The van der Waals surface area contributed by atoms with E-state index in [-0.39, 0.29) is 94.1 Å².